The molecule has 4 nitrogen and oxygen atoms in total. The summed E-state index contributed by atoms with van der Waals surface area (Å²) in [6, 6.07) is 5.09. The molecule has 108 valence electrons. The van der Waals surface area contributed by atoms with Crippen LogP contribution in [0, 0.1) is 22.0 Å². The first-order valence-electron chi connectivity index (χ1n) is 7.35. The summed E-state index contributed by atoms with van der Waals surface area (Å²) in [5.41, 5.74) is 0.571. The monoisotopic (exact) mass is 274 g/mol. The Morgan fingerprint density at radius 2 is 2.15 bits per heavy atom. The van der Waals surface area contributed by atoms with Gasteiger partial charge in [-0.15, -0.1) is 0 Å². The van der Waals surface area contributed by atoms with Gasteiger partial charge in [-0.2, -0.15) is 4.73 Å². The topological polar surface area (TPSA) is 56.0 Å². The smallest absolute Gasteiger partial charge is 0.317 e. The number of carbonyl (C=O) groups is 1. The Balaban J connectivity index is 1.81. The van der Waals surface area contributed by atoms with Crippen LogP contribution in [0.25, 0.3) is 0 Å². The van der Waals surface area contributed by atoms with Gasteiger partial charge in [0.2, 0.25) is 0 Å². The zero-order chi connectivity index (χ0) is 14.5. The number of rotatable bonds is 2. The number of nitrogens with one attached hydrogen (secondary N) is 1. The van der Waals surface area contributed by atoms with E-state index in [1.807, 2.05) is 0 Å². The minimum absolute atomic E-state index is 0.135. The fourth-order valence-electron chi connectivity index (χ4n) is 4.26. The molecule has 1 heterocycles. The third kappa shape index (κ3) is 1.67. The summed E-state index contributed by atoms with van der Waals surface area (Å²) < 4.78 is 0.635. The minimum Gasteiger partial charge on any atom is -0.618 e. The van der Waals surface area contributed by atoms with Gasteiger partial charge in [0, 0.05) is 18.2 Å². The number of amides is 1. The lowest BCUT2D eigenvalue weighted by atomic mass is 9.69. The van der Waals surface area contributed by atoms with Crippen LogP contribution in [-0.2, 0) is 0 Å². The molecule has 20 heavy (non-hydrogen) atoms. The van der Waals surface area contributed by atoms with Crippen LogP contribution in [0.15, 0.2) is 24.4 Å². The van der Waals surface area contributed by atoms with Crippen LogP contribution >= 0.6 is 0 Å². The van der Waals surface area contributed by atoms with E-state index in [-0.39, 0.29) is 28.5 Å². The van der Waals surface area contributed by atoms with Crippen molar-refractivity contribution in [2.24, 2.45) is 16.7 Å². The average molecular weight is 274 g/mol. The number of hydrogen-bond donors (Lipinski definition) is 1. The predicted molar refractivity (Wildman–Crippen MR) is 75.9 cm³/mol. The van der Waals surface area contributed by atoms with E-state index in [1.165, 1.54) is 12.6 Å². The van der Waals surface area contributed by atoms with Crippen LogP contribution in [0.1, 0.15) is 50.5 Å². The molecule has 0 saturated heterocycles. The lowest BCUT2D eigenvalue weighted by Crippen LogP contribution is -2.49. The standard InChI is InChI=1S/C16H22N2O2/c1-15(2)11-7-8-16(15,3)13(10-11)17-14(19)12-6-4-5-9-18(12)20/h4-6,9,11,13H,7-8,10H2,1-3H3,(H,17,19). The molecule has 1 aromatic heterocycles. The molecule has 0 aromatic carbocycles. The van der Waals surface area contributed by atoms with Crippen molar-refractivity contribution in [2.75, 3.05) is 0 Å². The van der Waals surface area contributed by atoms with Gasteiger partial charge >= 0.3 is 5.91 Å². The van der Waals surface area contributed by atoms with E-state index in [0.717, 1.165) is 12.8 Å². The summed E-state index contributed by atoms with van der Waals surface area (Å²) in [5, 5.41) is 14.8. The molecule has 2 saturated carbocycles. The molecule has 0 spiro atoms. The molecule has 1 N–H and O–H groups in total. The molecular weight excluding hydrogens is 252 g/mol. The first kappa shape index (κ1) is 13.4. The lowest BCUT2D eigenvalue weighted by Gasteiger charge is -2.39. The predicted octanol–water partition coefficient (Wildman–Crippen LogP) is 2.26. The molecule has 1 aromatic rings. The van der Waals surface area contributed by atoms with Crippen molar-refractivity contribution >= 4 is 5.91 Å². The molecule has 3 atom stereocenters. The Morgan fingerprint density at radius 3 is 2.70 bits per heavy atom. The van der Waals surface area contributed by atoms with E-state index in [2.05, 4.69) is 26.1 Å². The fourth-order valence-corrected chi connectivity index (χ4v) is 4.26. The highest BCUT2D eigenvalue weighted by Crippen LogP contribution is 2.65. The first-order valence-corrected chi connectivity index (χ1v) is 7.35. The van der Waals surface area contributed by atoms with Gasteiger partial charge in [0.25, 0.3) is 5.69 Å². The Hall–Kier alpha value is -1.58. The highest BCUT2D eigenvalue weighted by molar-refractivity contribution is 5.91. The van der Waals surface area contributed by atoms with E-state index in [0.29, 0.717) is 10.6 Å². The third-order valence-electron chi connectivity index (χ3n) is 6.16. The summed E-state index contributed by atoms with van der Waals surface area (Å²) >= 11 is 0. The van der Waals surface area contributed by atoms with Gasteiger partial charge in [-0.3, -0.25) is 4.79 Å². The van der Waals surface area contributed by atoms with Gasteiger partial charge in [-0.25, -0.2) is 0 Å². The van der Waals surface area contributed by atoms with Crippen LogP contribution in [0.5, 0.6) is 0 Å². The van der Waals surface area contributed by atoms with Gasteiger partial charge in [0.15, 0.2) is 6.20 Å². The van der Waals surface area contributed by atoms with Crippen molar-refractivity contribution in [3.8, 4) is 0 Å². The molecular formula is C16H22N2O2. The number of carbonyl (C=O) groups excluding carboxylic acids is 1. The Kier molecular flexibility index (Phi) is 2.82. The lowest BCUT2D eigenvalue weighted by molar-refractivity contribution is -0.607. The normalized spacial score (nSPS) is 34.1. The summed E-state index contributed by atoms with van der Waals surface area (Å²) in [7, 11) is 0. The molecule has 2 aliphatic rings. The zero-order valence-corrected chi connectivity index (χ0v) is 12.3. The third-order valence-corrected chi connectivity index (χ3v) is 6.16. The first-order chi connectivity index (χ1) is 9.36. The second-order valence-electron chi connectivity index (χ2n) is 7.05. The molecule has 2 bridgehead atoms. The highest BCUT2D eigenvalue weighted by Gasteiger charge is 2.61. The fraction of sp³-hybridized carbons (Fsp3) is 0.625. The number of aromatic nitrogens is 1. The van der Waals surface area contributed by atoms with Crippen LogP contribution in [0.3, 0.4) is 0 Å². The van der Waals surface area contributed by atoms with Gasteiger partial charge in [0.05, 0.1) is 0 Å². The second-order valence-corrected chi connectivity index (χ2v) is 7.05. The molecule has 3 unspecified atom stereocenters. The van der Waals surface area contributed by atoms with Crippen molar-refractivity contribution in [2.45, 2.75) is 46.1 Å². The van der Waals surface area contributed by atoms with E-state index in [4.69, 9.17) is 0 Å². The van der Waals surface area contributed by atoms with Crippen molar-refractivity contribution < 1.29 is 9.52 Å². The average Bonchev–Trinajstić information content (AvgIpc) is 2.72. The molecule has 2 fully saturated rings. The number of nitrogens with zero attached hydrogens (tertiary/aromatic N) is 1. The van der Waals surface area contributed by atoms with E-state index in [1.54, 1.807) is 18.2 Å². The van der Waals surface area contributed by atoms with Crippen molar-refractivity contribution in [1.29, 1.82) is 0 Å². The van der Waals surface area contributed by atoms with Crippen LogP contribution in [0.4, 0.5) is 0 Å². The molecule has 4 heteroatoms. The molecule has 3 rings (SSSR count). The summed E-state index contributed by atoms with van der Waals surface area (Å²) in [5.74, 6) is 0.420. The van der Waals surface area contributed by atoms with E-state index >= 15 is 0 Å². The van der Waals surface area contributed by atoms with Crippen molar-refractivity contribution in [3.05, 3.63) is 35.3 Å². The second kappa shape index (κ2) is 4.21. The zero-order valence-electron chi connectivity index (χ0n) is 12.3. The maximum atomic E-state index is 12.3. The van der Waals surface area contributed by atoms with Crippen molar-refractivity contribution in [3.63, 3.8) is 0 Å². The number of fused-ring (bicyclic) bond motifs is 2. The van der Waals surface area contributed by atoms with E-state index < -0.39 is 0 Å². The Bertz CT molecular complexity index is 555. The van der Waals surface area contributed by atoms with E-state index in [9.17, 15) is 10.0 Å². The maximum absolute atomic E-state index is 12.3. The Morgan fingerprint density at radius 1 is 1.40 bits per heavy atom. The largest absolute Gasteiger partial charge is 0.618 e. The molecule has 0 radical (unpaired) electrons. The van der Waals surface area contributed by atoms with Crippen LogP contribution < -0.4 is 10.0 Å². The SMILES string of the molecule is CC1(C)C2CCC1(C)C(NC(=O)c1cccc[n+]1[O-])C2. The Labute approximate surface area is 119 Å². The van der Waals surface area contributed by atoms with Gasteiger partial charge in [-0.1, -0.05) is 20.8 Å². The molecule has 0 aliphatic heterocycles. The van der Waals surface area contributed by atoms with Gasteiger partial charge < -0.3 is 10.5 Å². The maximum Gasteiger partial charge on any atom is 0.317 e. The summed E-state index contributed by atoms with van der Waals surface area (Å²) in [6.07, 6.45) is 4.80. The molecule has 2 aliphatic carbocycles. The van der Waals surface area contributed by atoms with Crippen LogP contribution in [-0.4, -0.2) is 11.9 Å². The molecule has 1 amide bonds. The quantitative estimate of drug-likeness (QED) is 0.664. The van der Waals surface area contributed by atoms with Crippen molar-refractivity contribution in [1.82, 2.24) is 5.32 Å². The highest BCUT2D eigenvalue weighted by atomic mass is 16.5. The van der Waals surface area contributed by atoms with Crippen LogP contribution in [0.2, 0.25) is 0 Å². The van der Waals surface area contributed by atoms with Gasteiger partial charge in [0.1, 0.15) is 0 Å². The summed E-state index contributed by atoms with van der Waals surface area (Å²) in [4.78, 5) is 12.3. The number of pyridine rings is 1. The number of hydrogen-bond acceptors (Lipinski definition) is 2. The van der Waals surface area contributed by atoms with Gasteiger partial charge in [-0.05, 0) is 42.1 Å². The minimum atomic E-state index is -0.254. The summed E-state index contributed by atoms with van der Waals surface area (Å²) in [6.45, 7) is 6.90.